The third-order valence-corrected chi connectivity index (χ3v) is 5.65. The van der Waals surface area contributed by atoms with Crippen molar-refractivity contribution in [2.75, 3.05) is 6.61 Å². The topological polar surface area (TPSA) is 105 Å². The fraction of sp³-hybridized carbons (Fsp3) is 0.154. The van der Waals surface area contributed by atoms with Crippen molar-refractivity contribution in [2.45, 2.75) is 18.9 Å². The molecule has 1 aliphatic rings. The number of hydrogen-bond donors (Lipinski definition) is 2. The van der Waals surface area contributed by atoms with Gasteiger partial charge in [-0.25, -0.2) is 4.79 Å². The number of benzene rings is 3. The summed E-state index contributed by atoms with van der Waals surface area (Å²) in [5, 5.41) is 3.38. The minimum absolute atomic E-state index is 0.124. The predicted molar refractivity (Wildman–Crippen MR) is 124 cm³/mol. The average Bonchev–Trinajstić information content (AvgIpc) is 3.13. The standard InChI is InChI=1S/C26H23N3O5/c1-2-26(20-11-7-4-8-12-20)24(32)29(25(33)27-26)28-22(30)17-34-21-15-13-19(14-16-21)23(31)18-9-5-3-6-10-18/h3-16H,2,17H2,1H3,(H,27,33)(H,28,30). The second kappa shape index (κ2) is 9.58. The van der Waals surface area contributed by atoms with Crippen LogP contribution in [-0.2, 0) is 15.1 Å². The molecule has 0 bridgehead atoms. The highest BCUT2D eigenvalue weighted by molar-refractivity contribution is 6.09. The van der Waals surface area contributed by atoms with E-state index in [2.05, 4.69) is 10.7 Å². The zero-order chi connectivity index (χ0) is 24.1. The van der Waals surface area contributed by atoms with Crippen molar-refractivity contribution in [2.24, 2.45) is 0 Å². The van der Waals surface area contributed by atoms with Crippen molar-refractivity contribution in [3.63, 3.8) is 0 Å². The minimum atomic E-state index is -1.24. The lowest BCUT2D eigenvalue weighted by Gasteiger charge is -2.25. The first kappa shape index (κ1) is 22.7. The third-order valence-electron chi connectivity index (χ3n) is 5.65. The molecule has 0 saturated carbocycles. The van der Waals surface area contributed by atoms with Gasteiger partial charge in [-0.1, -0.05) is 67.6 Å². The molecule has 4 amide bonds. The summed E-state index contributed by atoms with van der Waals surface area (Å²) in [7, 11) is 0. The lowest BCUT2D eigenvalue weighted by atomic mass is 9.87. The number of amides is 4. The number of hydrogen-bond acceptors (Lipinski definition) is 5. The molecule has 1 aliphatic heterocycles. The molecule has 3 aromatic rings. The Balaban J connectivity index is 1.36. The van der Waals surface area contributed by atoms with E-state index in [0.717, 1.165) is 0 Å². The summed E-state index contributed by atoms with van der Waals surface area (Å²) in [4.78, 5) is 50.4. The first-order valence-electron chi connectivity index (χ1n) is 10.8. The summed E-state index contributed by atoms with van der Waals surface area (Å²) in [5.74, 6) is -0.998. The number of nitrogens with zero attached hydrogens (tertiary/aromatic N) is 1. The molecular formula is C26H23N3O5. The largest absolute Gasteiger partial charge is 0.484 e. The molecule has 4 rings (SSSR count). The van der Waals surface area contributed by atoms with E-state index in [1.807, 2.05) is 12.1 Å². The molecule has 0 radical (unpaired) electrons. The quantitative estimate of drug-likeness (QED) is 0.399. The molecule has 0 aromatic heterocycles. The van der Waals surface area contributed by atoms with Crippen molar-refractivity contribution < 1.29 is 23.9 Å². The lowest BCUT2D eigenvalue weighted by Crippen LogP contribution is -2.49. The summed E-state index contributed by atoms with van der Waals surface area (Å²) < 4.78 is 5.46. The van der Waals surface area contributed by atoms with E-state index in [-0.39, 0.29) is 5.78 Å². The van der Waals surface area contributed by atoms with Crippen molar-refractivity contribution in [1.82, 2.24) is 15.8 Å². The Morgan fingerprint density at radius 3 is 2.09 bits per heavy atom. The maximum absolute atomic E-state index is 13.1. The first-order chi connectivity index (χ1) is 16.4. The van der Waals surface area contributed by atoms with E-state index in [4.69, 9.17) is 4.74 Å². The Kier molecular flexibility index (Phi) is 6.40. The van der Waals surface area contributed by atoms with Crippen LogP contribution in [0, 0.1) is 0 Å². The molecule has 172 valence electrons. The lowest BCUT2D eigenvalue weighted by molar-refractivity contribution is -0.140. The maximum Gasteiger partial charge on any atom is 0.344 e. The molecule has 34 heavy (non-hydrogen) atoms. The number of carbonyl (C=O) groups excluding carboxylic acids is 4. The number of ketones is 1. The average molecular weight is 457 g/mol. The van der Waals surface area contributed by atoms with Gasteiger partial charge in [0.05, 0.1) is 0 Å². The second-order valence-electron chi connectivity index (χ2n) is 7.74. The van der Waals surface area contributed by atoms with Gasteiger partial charge in [0, 0.05) is 11.1 Å². The summed E-state index contributed by atoms with van der Waals surface area (Å²) >= 11 is 0. The van der Waals surface area contributed by atoms with Crippen LogP contribution in [0.5, 0.6) is 5.75 Å². The highest BCUT2D eigenvalue weighted by Crippen LogP contribution is 2.31. The summed E-state index contributed by atoms with van der Waals surface area (Å²) in [5.41, 5.74) is 2.76. The van der Waals surface area contributed by atoms with Crippen LogP contribution in [0.2, 0.25) is 0 Å². The van der Waals surface area contributed by atoms with Gasteiger partial charge in [-0.15, -0.1) is 0 Å². The van der Waals surface area contributed by atoms with Gasteiger partial charge in [-0.2, -0.15) is 5.01 Å². The van der Waals surface area contributed by atoms with Crippen LogP contribution in [0.3, 0.4) is 0 Å². The van der Waals surface area contributed by atoms with E-state index in [1.54, 1.807) is 79.7 Å². The van der Waals surface area contributed by atoms with Gasteiger partial charge in [0.25, 0.3) is 11.8 Å². The van der Waals surface area contributed by atoms with Crippen molar-refractivity contribution in [3.8, 4) is 5.75 Å². The molecule has 8 heteroatoms. The minimum Gasteiger partial charge on any atom is -0.484 e. The monoisotopic (exact) mass is 457 g/mol. The molecule has 1 unspecified atom stereocenters. The first-order valence-corrected chi connectivity index (χ1v) is 10.8. The number of nitrogens with one attached hydrogen (secondary N) is 2. The smallest absolute Gasteiger partial charge is 0.344 e. The summed E-state index contributed by atoms with van der Waals surface area (Å²) in [6, 6.07) is 23.4. The highest BCUT2D eigenvalue weighted by Gasteiger charge is 2.52. The number of ether oxygens (including phenoxy) is 1. The van der Waals surface area contributed by atoms with Crippen molar-refractivity contribution >= 4 is 23.6 Å². The van der Waals surface area contributed by atoms with Crippen LogP contribution in [0.25, 0.3) is 0 Å². The van der Waals surface area contributed by atoms with Gasteiger partial charge < -0.3 is 10.1 Å². The highest BCUT2D eigenvalue weighted by atomic mass is 16.5. The predicted octanol–water partition coefficient (Wildman–Crippen LogP) is 3.18. The van der Waals surface area contributed by atoms with Crippen LogP contribution in [0.15, 0.2) is 84.9 Å². The molecule has 1 fully saturated rings. The van der Waals surface area contributed by atoms with Crippen molar-refractivity contribution in [3.05, 3.63) is 102 Å². The third kappa shape index (κ3) is 4.38. The summed E-state index contributed by atoms with van der Waals surface area (Å²) in [6.45, 7) is 1.36. The molecule has 2 N–H and O–H groups in total. The van der Waals surface area contributed by atoms with E-state index in [9.17, 15) is 19.2 Å². The fourth-order valence-electron chi connectivity index (χ4n) is 3.80. The van der Waals surface area contributed by atoms with E-state index in [0.29, 0.717) is 33.9 Å². The van der Waals surface area contributed by atoms with Crippen LogP contribution in [-0.4, -0.2) is 35.2 Å². The van der Waals surface area contributed by atoms with Crippen LogP contribution in [0.4, 0.5) is 4.79 Å². The van der Waals surface area contributed by atoms with Crippen LogP contribution in [0.1, 0.15) is 34.8 Å². The zero-order valence-corrected chi connectivity index (χ0v) is 18.5. The SMILES string of the molecule is CCC1(c2ccccc2)NC(=O)N(NC(=O)COc2ccc(C(=O)c3ccccc3)cc2)C1=O. The van der Waals surface area contributed by atoms with Gasteiger partial charge in [-0.05, 0) is 36.2 Å². The number of hydrazine groups is 1. The number of rotatable bonds is 8. The molecule has 1 atom stereocenters. The van der Waals surface area contributed by atoms with Gasteiger partial charge in [0.1, 0.15) is 11.3 Å². The van der Waals surface area contributed by atoms with E-state index in [1.165, 1.54) is 0 Å². The number of urea groups is 1. The van der Waals surface area contributed by atoms with Gasteiger partial charge in [-0.3, -0.25) is 19.8 Å². The molecule has 1 heterocycles. The Labute approximate surface area is 196 Å². The Morgan fingerprint density at radius 1 is 0.882 bits per heavy atom. The Morgan fingerprint density at radius 2 is 1.47 bits per heavy atom. The molecule has 1 saturated heterocycles. The Bertz CT molecular complexity index is 1210. The van der Waals surface area contributed by atoms with Crippen molar-refractivity contribution in [1.29, 1.82) is 0 Å². The second-order valence-corrected chi connectivity index (χ2v) is 7.74. The molecule has 0 aliphatic carbocycles. The zero-order valence-electron chi connectivity index (χ0n) is 18.5. The molecule has 0 spiro atoms. The molecule has 8 nitrogen and oxygen atoms in total. The fourth-order valence-corrected chi connectivity index (χ4v) is 3.80. The van der Waals surface area contributed by atoms with Crippen LogP contribution < -0.4 is 15.5 Å². The number of carbonyl (C=O) groups is 4. The van der Waals surface area contributed by atoms with E-state index >= 15 is 0 Å². The normalized spacial score (nSPS) is 17.3. The molecule has 3 aromatic carbocycles. The Hall–Kier alpha value is -4.46. The van der Waals surface area contributed by atoms with Gasteiger partial charge in [0.15, 0.2) is 12.4 Å². The number of imide groups is 1. The van der Waals surface area contributed by atoms with E-state index < -0.39 is 30.0 Å². The van der Waals surface area contributed by atoms with Gasteiger partial charge in [0.2, 0.25) is 0 Å². The summed E-state index contributed by atoms with van der Waals surface area (Å²) in [6.07, 6.45) is 0.318. The maximum atomic E-state index is 13.1. The molecular weight excluding hydrogens is 434 g/mol. The van der Waals surface area contributed by atoms with Gasteiger partial charge >= 0.3 is 6.03 Å². The van der Waals surface area contributed by atoms with Crippen LogP contribution >= 0.6 is 0 Å².